The van der Waals surface area contributed by atoms with Crippen molar-refractivity contribution >= 4 is 41.0 Å². The Kier molecular flexibility index (Phi) is 8.53. The minimum atomic E-state index is -5.27. The summed E-state index contributed by atoms with van der Waals surface area (Å²) in [5.74, 6) is -4.73. The first-order valence-corrected chi connectivity index (χ1v) is 14.7. The Balaban J connectivity index is 1.23. The highest BCUT2D eigenvalue weighted by molar-refractivity contribution is 6.02. The molecule has 4 aromatic rings. The first-order chi connectivity index (χ1) is 21.7. The predicted molar refractivity (Wildman–Crippen MR) is 162 cm³/mol. The lowest BCUT2D eigenvalue weighted by atomic mass is 9.92. The minimum Gasteiger partial charge on any atom is -0.329 e. The molecule has 0 saturated carbocycles. The maximum Gasteiger partial charge on any atom is 0.493 e. The molecule has 2 fully saturated rings. The third kappa shape index (κ3) is 6.83. The molecule has 7 nitrogen and oxygen atoms in total. The number of halogens is 4. The molecule has 0 aliphatic carbocycles. The average molecular weight is 619 g/mol. The molecule has 0 spiro atoms. The van der Waals surface area contributed by atoms with Crippen LogP contribution in [0.15, 0.2) is 72.3 Å². The molecule has 1 aromatic heterocycles. The normalized spacial score (nSPS) is 18.8. The van der Waals surface area contributed by atoms with Gasteiger partial charge in [0.2, 0.25) is 0 Å². The zero-order chi connectivity index (χ0) is 31.6. The number of piperidine rings is 1. The summed E-state index contributed by atoms with van der Waals surface area (Å²) in [6.45, 7) is 2.85. The van der Waals surface area contributed by atoms with Crippen molar-refractivity contribution in [2.45, 2.75) is 37.9 Å². The molecule has 2 saturated heterocycles. The molecular formula is C34H30F4N4O3. The van der Waals surface area contributed by atoms with Crippen molar-refractivity contribution in [1.82, 2.24) is 20.2 Å². The van der Waals surface area contributed by atoms with Gasteiger partial charge >= 0.3 is 12.1 Å². The highest BCUT2D eigenvalue weighted by Gasteiger charge is 2.46. The van der Waals surface area contributed by atoms with E-state index in [0.717, 1.165) is 25.2 Å². The molecule has 3 heterocycles. The van der Waals surface area contributed by atoms with Gasteiger partial charge in [-0.3, -0.25) is 14.8 Å². The third-order valence-corrected chi connectivity index (χ3v) is 8.08. The van der Waals surface area contributed by atoms with Crippen molar-refractivity contribution in [1.29, 1.82) is 0 Å². The van der Waals surface area contributed by atoms with E-state index in [0.29, 0.717) is 21.8 Å². The smallest absolute Gasteiger partial charge is 0.329 e. The summed E-state index contributed by atoms with van der Waals surface area (Å²) in [4.78, 5) is 31.5. The van der Waals surface area contributed by atoms with Crippen LogP contribution < -0.4 is 0 Å². The van der Waals surface area contributed by atoms with Crippen molar-refractivity contribution in [3.8, 4) is 0 Å². The van der Waals surface area contributed by atoms with E-state index in [1.54, 1.807) is 42.5 Å². The number of benzene rings is 3. The zero-order valence-electron chi connectivity index (χ0n) is 24.2. The van der Waals surface area contributed by atoms with Crippen molar-refractivity contribution in [2.24, 2.45) is 0 Å². The van der Waals surface area contributed by atoms with Crippen LogP contribution in [0.5, 0.6) is 0 Å². The van der Waals surface area contributed by atoms with E-state index in [2.05, 4.69) is 32.1 Å². The lowest BCUT2D eigenvalue weighted by Gasteiger charge is -2.26. The summed E-state index contributed by atoms with van der Waals surface area (Å²) in [6, 6.07) is 19.7. The van der Waals surface area contributed by atoms with Crippen LogP contribution in [0.25, 0.3) is 29.1 Å². The highest BCUT2D eigenvalue weighted by Crippen LogP contribution is 2.36. The highest BCUT2D eigenvalue weighted by atomic mass is 19.4. The van der Waals surface area contributed by atoms with Gasteiger partial charge in [0.15, 0.2) is 0 Å². The quantitative estimate of drug-likeness (QED) is 0.180. The van der Waals surface area contributed by atoms with Gasteiger partial charge in [0, 0.05) is 18.0 Å². The Bertz CT molecular complexity index is 1760. The summed E-state index contributed by atoms with van der Waals surface area (Å²) >= 11 is 0. The van der Waals surface area contributed by atoms with E-state index in [1.807, 2.05) is 18.2 Å². The van der Waals surface area contributed by atoms with Crippen molar-refractivity contribution in [3.63, 3.8) is 0 Å². The summed E-state index contributed by atoms with van der Waals surface area (Å²) in [6.07, 6.45) is 3.47. The molecule has 0 radical (unpaired) electrons. The number of fused-ring (bicyclic) bond motifs is 1. The van der Waals surface area contributed by atoms with Crippen LogP contribution in [-0.4, -0.2) is 57.8 Å². The summed E-state index contributed by atoms with van der Waals surface area (Å²) in [7, 11) is 0. The lowest BCUT2D eigenvalue weighted by molar-refractivity contribution is -0.233. The molecule has 1 N–H and O–H groups in total. The number of alkyl halides is 3. The van der Waals surface area contributed by atoms with E-state index in [-0.39, 0.29) is 23.1 Å². The number of rotatable bonds is 7. The second-order valence-electron chi connectivity index (χ2n) is 11.3. The number of carbonyl (C=O) groups is 2. The molecule has 1 atom stereocenters. The van der Waals surface area contributed by atoms with Crippen LogP contribution in [0.4, 0.5) is 17.6 Å². The van der Waals surface area contributed by atoms with Gasteiger partial charge in [-0.2, -0.15) is 23.3 Å². The minimum absolute atomic E-state index is 0.0540. The van der Waals surface area contributed by atoms with Gasteiger partial charge in [-0.1, -0.05) is 67.1 Å². The van der Waals surface area contributed by atoms with Gasteiger partial charge in [-0.15, -0.1) is 0 Å². The second kappa shape index (κ2) is 12.7. The van der Waals surface area contributed by atoms with Gasteiger partial charge in [0.05, 0.1) is 23.1 Å². The molecule has 11 heteroatoms. The van der Waals surface area contributed by atoms with E-state index in [9.17, 15) is 22.8 Å². The maximum atomic E-state index is 15.5. The van der Waals surface area contributed by atoms with Gasteiger partial charge in [0.25, 0.3) is 5.91 Å². The predicted octanol–water partition coefficient (Wildman–Crippen LogP) is 6.89. The Morgan fingerprint density at radius 3 is 2.42 bits per heavy atom. The molecule has 2 aliphatic heterocycles. The van der Waals surface area contributed by atoms with Crippen molar-refractivity contribution in [3.05, 3.63) is 106 Å². The monoisotopic (exact) mass is 618 g/mol. The van der Waals surface area contributed by atoms with Gasteiger partial charge in [-0.05, 0) is 72.5 Å². The number of likely N-dealkylation sites (tertiary alicyclic amines) is 1. The van der Waals surface area contributed by atoms with Crippen LogP contribution in [0.1, 0.15) is 53.1 Å². The lowest BCUT2D eigenvalue weighted by Crippen LogP contribution is -2.35. The summed E-state index contributed by atoms with van der Waals surface area (Å²) in [5, 5.41) is 7.74. The summed E-state index contributed by atoms with van der Waals surface area (Å²) in [5.41, 5.74) is 3.92. The first kappa shape index (κ1) is 30.3. The number of nitrogens with zero attached hydrogens (tertiary/aromatic N) is 3. The number of aromatic nitrogens is 2. The van der Waals surface area contributed by atoms with Crippen LogP contribution >= 0.6 is 0 Å². The second-order valence-corrected chi connectivity index (χ2v) is 11.3. The fourth-order valence-electron chi connectivity index (χ4n) is 5.82. The Morgan fingerprint density at radius 2 is 1.71 bits per heavy atom. The van der Waals surface area contributed by atoms with Crippen LogP contribution in [-0.2, 0) is 21.0 Å². The summed E-state index contributed by atoms with van der Waals surface area (Å²) < 4.78 is 54.0. The molecule has 3 aromatic carbocycles. The van der Waals surface area contributed by atoms with Gasteiger partial charge in [-0.25, -0.2) is 9.18 Å². The zero-order valence-corrected chi connectivity index (χ0v) is 24.2. The molecule has 45 heavy (non-hydrogen) atoms. The standard InChI is InChI=1S/C34H30F4N4O3/c35-28-18-24(17-26-27(25-7-3-1-4-8-25)21-42(32(26)43)45-33(44)34(36,37)38)19-30-31(28)29(39-40-30)14-13-22-9-11-23(12-10-22)20-41-15-5-2-6-16-41/h1,3-4,7-14,17-19,27H,2,5-6,15-16,20-21H2,(H,39,40)/b14-13+,26-17+. The van der Waals surface area contributed by atoms with Gasteiger partial charge in [0.1, 0.15) is 5.82 Å². The number of hydrogen-bond donors (Lipinski definition) is 1. The van der Waals surface area contributed by atoms with Crippen LogP contribution in [0.3, 0.4) is 0 Å². The molecule has 6 rings (SSSR count). The Labute approximate surface area is 256 Å². The SMILES string of the molecule is O=C1/C(=C/c2cc(F)c3c(/C=C/c4ccc(CN5CCCCC5)cc4)n[nH]c3c2)C(c2ccccc2)CN1OC(=O)C(F)(F)F. The van der Waals surface area contributed by atoms with Crippen LogP contribution in [0.2, 0.25) is 0 Å². The number of amides is 1. The van der Waals surface area contributed by atoms with Crippen LogP contribution in [0, 0.1) is 5.82 Å². The fourth-order valence-corrected chi connectivity index (χ4v) is 5.82. The van der Waals surface area contributed by atoms with E-state index >= 15 is 4.39 Å². The molecule has 2 aliphatic rings. The number of carbonyl (C=O) groups excluding carboxylic acids is 2. The van der Waals surface area contributed by atoms with E-state index < -0.39 is 29.8 Å². The molecule has 0 bridgehead atoms. The van der Waals surface area contributed by atoms with E-state index in [4.69, 9.17) is 0 Å². The van der Waals surface area contributed by atoms with Crippen molar-refractivity contribution in [2.75, 3.05) is 19.6 Å². The number of aromatic amines is 1. The van der Waals surface area contributed by atoms with Gasteiger partial charge < -0.3 is 4.84 Å². The number of H-pyrrole nitrogens is 1. The van der Waals surface area contributed by atoms with Crippen molar-refractivity contribution < 1.29 is 32.0 Å². The number of hydrogen-bond acceptors (Lipinski definition) is 5. The molecule has 1 amide bonds. The largest absolute Gasteiger partial charge is 0.493 e. The maximum absolute atomic E-state index is 15.5. The Morgan fingerprint density at radius 1 is 0.978 bits per heavy atom. The molecule has 1 unspecified atom stereocenters. The first-order valence-electron chi connectivity index (χ1n) is 14.7. The fraction of sp³-hybridized carbons (Fsp3) is 0.265. The number of nitrogens with one attached hydrogen (secondary N) is 1. The topological polar surface area (TPSA) is 78.5 Å². The average Bonchev–Trinajstić information content (AvgIpc) is 3.58. The molecule has 232 valence electrons. The Hall–Kier alpha value is -4.77. The number of hydroxylamine groups is 2. The molecular weight excluding hydrogens is 588 g/mol. The third-order valence-electron chi connectivity index (χ3n) is 8.08. The van der Waals surface area contributed by atoms with E-state index in [1.165, 1.54) is 37.0 Å².